The molecular weight excluding hydrogens is 389 g/mol. The van der Waals surface area contributed by atoms with E-state index in [0.29, 0.717) is 51.8 Å². The fourth-order valence-corrected chi connectivity index (χ4v) is 3.09. The molecule has 3 aromatic rings. The highest BCUT2D eigenvalue weighted by Crippen LogP contribution is 2.37. The molecule has 4 rings (SSSR count). The zero-order chi connectivity index (χ0) is 18.8. The Morgan fingerprint density at radius 3 is 2.63 bits per heavy atom. The molecule has 0 radical (unpaired) electrons. The summed E-state index contributed by atoms with van der Waals surface area (Å²) in [6.07, 6.45) is 0.786. The summed E-state index contributed by atoms with van der Waals surface area (Å²) in [6, 6.07) is 12.2. The first-order valence-electron chi connectivity index (χ1n) is 8.32. The Labute approximate surface area is 165 Å². The van der Waals surface area contributed by atoms with Crippen LogP contribution in [0.4, 0.5) is 5.69 Å². The monoisotopic (exact) mass is 403 g/mol. The normalized spacial score (nSPS) is 13.1. The fraction of sp³-hybridized carbons (Fsp3) is 0.158. The second-order valence-electron chi connectivity index (χ2n) is 5.96. The lowest BCUT2D eigenvalue weighted by Crippen LogP contribution is -2.13. The summed E-state index contributed by atoms with van der Waals surface area (Å²) in [4.78, 5) is 12.6. The second kappa shape index (κ2) is 7.50. The van der Waals surface area contributed by atoms with Gasteiger partial charge in [0.25, 0.3) is 5.91 Å². The Hall–Kier alpha value is -2.70. The van der Waals surface area contributed by atoms with Gasteiger partial charge in [-0.15, -0.1) is 0 Å². The van der Waals surface area contributed by atoms with Crippen molar-refractivity contribution in [3.05, 3.63) is 58.2 Å². The van der Waals surface area contributed by atoms with Crippen LogP contribution in [-0.2, 0) is 0 Å². The maximum absolute atomic E-state index is 12.6. The molecule has 0 fully saturated rings. The van der Waals surface area contributed by atoms with Crippen molar-refractivity contribution in [1.29, 1.82) is 0 Å². The third-order valence-electron chi connectivity index (χ3n) is 4.03. The molecule has 2 heterocycles. The topological polar surface area (TPSA) is 76.2 Å². The molecule has 138 valence electrons. The molecule has 0 bridgehead atoms. The number of hydrogen-bond acceptors (Lipinski definition) is 4. The number of rotatable bonds is 3. The van der Waals surface area contributed by atoms with Crippen molar-refractivity contribution in [2.75, 3.05) is 18.5 Å². The first-order valence-corrected chi connectivity index (χ1v) is 9.07. The van der Waals surface area contributed by atoms with E-state index >= 15 is 0 Å². The maximum atomic E-state index is 12.6. The number of carbonyl (C=O) groups excluding carboxylic acids is 1. The zero-order valence-corrected chi connectivity index (χ0v) is 15.6. The molecular formula is C19H15Cl2N3O3. The van der Waals surface area contributed by atoms with Crippen molar-refractivity contribution in [3.63, 3.8) is 0 Å². The lowest BCUT2D eigenvalue weighted by molar-refractivity contribution is 0.102. The Kier molecular flexibility index (Phi) is 4.92. The van der Waals surface area contributed by atoms with Crippen molar-refractivity contribution < 1.29 is 14.3 Å². The summed E-state index contributed by atoms with van der Waals surface area (Å²) in [5, 5.41) is 10.6. The highest BCUT2D eigenvalue weighted by atomic mass is 35.5. The number of amides is 1. The van der Waals surface area contributed by atoms with E-state index < -0.39 is 0 Å². The Balaban J connectivity index is 1.55. The van der Waals surface area contributed by atoms with E-state index in [4.69, 9.17) is 32.7 Å². The van der Waals surface area contributed by atoms with E-state index in [-0.39, 0.29) is 5.91 Å². The predicted octanol–water partition coefficient (Wildman–Crippen LogP) is 4.80. The van der Waals surface area contributed by atoms with Gasteiger partial charge in [0.2, 0.25) is 0 Å². The number of nitrogens with zero attached hydrogens (tertiary/aromatic N) is 1. The lowest BCUT2D eigenvalue weighted by atomic mass is 10.1. The summed E-state index contributed by atoms with van der Waals surface area (Å²) < 4.78 is 11.2. The maximum Gasteiger partial charge on any atom is 0.273 e. The number of H-pyrrole nitrogens is 1. The predicted molar refractivity (Wildman–Crippen MR) is 104 cm³/mol. The van der Waals surface area contributed by atoms with Gasteiger partial charge in [-0.2, -0.15) is 5.10 Å². The molecule has 27 heavy (non-hydrogen) atoms. The summed E-state index contributed by atoms with van der Waals surface area (Å²) >= 11 is 12.3. The molecule has 2 aromatic carbocycles. The summed E-state index contributed by atoms with van der Waals surface area (Å²) in [6.45, 7) is 1.11. The van der Waals surface area contributed by atoms with Gasteiger partial charge in [-0.25, -0.2) is 0 Å². The minimum atomic E-state index is -0.368. The van der Waals surface area contributed by atoms with E-state index in [0.717, 1.165) is 12.0 Å². The van der Waals surface area contributed by atoms with Crippen LogP contribution in [0.25, 0.3) is 11.3 Å². The number of hydrogen-bond donors (Lipinski definition) is 2. The number of benzene rings is 2. The number of anilines is 1. The van der Waals surface area contributed by atoms with Gasteiger partial charge < -0.3 is 14.8 Å². The Morgan fingerprint density at radius 2 is 1.85 bits per heavy atom. The van der Waals surface area contributed by atoms with Crippen LogP contribution >= 0.6 is 23.2 Å². The first kappa shape index (κ1) is 17.7. The van der Waals surface area contributed by atoms with Crippen LogP contribution in [0, 0.1) is 0 Å². The van der Waals surface area contributed by atoms with E-state index in [1.165, 1.54) is 0 Å². The number of halogens is 2. The van der Waals surface area contributed by atoms with Gasteiger partial charge in [0.15, 0.2) is 11.5 Å². The average molecular weight is 404 g/mol. The van der Waals surface area contributed by atoms with E-state index in [1.807, 2.05) is 12.1 Å². The number of nitrogens with one attached hydrogen (secondary N) is 2. The first-order chi connectivity index (χ1) is 13.1. The molecule has 0 saturated carbocycles. The van der Waals surface area contributed by atoms with Crippen molar-refractivity contribution in [3.8, 4) is 22.8 Å². The third-order valence-corrected chi connectivity index (χ3v) is 4.58. The Morgan fingerprint density at radius 1 is 1.07 bits per heavy atom. The Bertz CT molecular complexity index is 1000. The molecule has 2 N–H and O–H groups in total. The van der Waals surface area contributed by atoms with Gasteiger partial charge in [0, 0.05) is 29.1 Å². The molecule has 0 unspecified atom stereocenters. The number of aromatic nitrogens is 2. The molecule has 0 saturated heterocycles. The molecule has 0 spiro atoms. The summed E-state index contributed by atoms with van der Waals surface area (Å²) in [7, 11) is 0. The van der Waals surface area contributed by atoms with Crippen LogP contribution in [-0.4, -0.2) is 29.3 Å². The smallest absolute Gasteiger partial charge is 0.273 e. The lowest BCUT2D eigenvalue weighted by Gasteiger charge is -2.12. The number of ether oxygens (including phenoxy) is 2. The second-order valence-corrected chi connectivity index (χ2v) is 6.80. The number of carbonyl (C=O) groups is 1. The van der Waals surface area contributed by atoms with Crippen LogP contribution in [0.2, 0.25) is 10.0 Å². The van der Waals surface area contributed by atoms with Crippen LogP contribution in [0.15, 0.2) is 42.5 Å². The quantitative estimate of drug-likeness (QED) is 0.658. The van der Waals surface area contributed by atoms with E-state index in [1.54, 1.807) is 30.3 Å². The van der Waals surface area contributed by atoms with Gasteiger partial charge in [-0.3, -0.25) is 9.89 Å². The summed E-state index contributed by atoms with van der Waals surface area (Å²) in [5.74, 6) is 0.754. The van der Waals surface area contributed by atoms with Crippen LogP contribution in [0.1, 0.15) is 16.9 Å². The van der Waals surface area contributed by atoms with Crippen molar-refractivity contribution in [1.82, 2.24) is 10.2 Å². The molecule has 0 atom stereocenters. The number of aromatic amines is 1. The van der Waals surface area contributed by atoms with Crippen LogP contribution < -0.4 is 14.8 Å². The number of fused-ring (bicyclic) bond motifs is 1. The SMILES string of the molecule is O=C(Nc1cc2c(cc1Cl)OCCCO2)c1cc(-c2cccc(Cl)c2)n[nH]1. The van der Waals surface area contributed by atoms with Crippen molar-refractivity contribution in [2.24, 2.45) is 0 Å². The molecule has 1 aromatic heterocycles. The molecule has 0 aliphatic carbocycles. The van der Waals surface area contributed by atoms with Gasteiger partial charge in [-0.1, -0.05) is 35.3 Å². The zero-order valence-electron chi connectivity index (χ0n) is 14.1. The molecule has 6 nitrogen and oxygen atoms in total. The highest BCUT2D eigenvalue weighted by Gasteiger charge is 2.17. The third kappa shape index (κ3) is 3.86. The molecule has 8 heteroatoms. The summed E-state index contributed by atoms with van der Waals surface area (Å²) in [5.41, 5.74) is 2.16. The highest BCUT2D eigenvalue weighted by molar-refractivity contribution is 6.34. The molecule has 1 amide bonds. The molecule has 1 aliphatic heterocycles. The van der Waals surface area contributed by atoms with Crippen LogP contribution in [0.5, 0.6) is 11.5 Å². The van der Waals surface area contributed by atoms with Gasteiger partial charge >= 0.3 is 0 Å². The minimum absolute atomic E-state index is 0.299. The van der Waals surface area contributed by atoms with E-state index in [2.05, 4.69) is 15.5 Å². The largest absolute Gasteiger partial charge is 0.490 e. The van der Waals surface area contributed by atoms with E-state index in [9.17, 15) is 4.79 Å². The standard InChI is InChI=1S/C19H15Cl2N3O3/c20-12-4-1-3-11(7-12)14-9-16(24-23-14)19(25)22-15-10-18-17(8-13(15)21)26-5-2-6-27-18/h1,3-4,7-10H,2,5-6H2,(H,22,25)(H,23,24). The minimum Gasteiger partial charge on any atom is -0.490 e. The van der Waals surface area contributed by atoms with Gasteiger partial charge in [0.05, 0.1) is 29.6 Å². The van der Waals surface area contributed by atoms with Crippen molar-refractivity contribution in [2.45, 2.75) is 6.42 Å². The van der Waals surface area contributed by atoms with Crippen LogP contribution in [0.3, 0.4) is 0 Å². The van der Waals surface area contributed by atoms with Crippen molar-refractivity contribution >= 4 is 34.8 Å². The average Bonchev–Trinajstić information content (AvgIpc) is 3.04. The van der Waals surface area contributed by atoms with Gasteiger partial charge in [-0.05, 0) is 18.2 Å². The molecule has 1 aliphatic rings. The van der Waals surface area contributed by atoms with Gasteiger partial charge in [0.1, 0.15) is 5.69 Å². The fourth-order valence-electron chi connectivity index (χ4n) is 2.70.